The molecule has 0 saturated heterocycles. The van der Waals surface area contributed by atoms with Crippen molar-refractivity contribution in [3.8, 4) is 11.1 Å². The van der Waals surface area contributed by atoms with Crippen molar-refractivity contribution in [1.29, 1.82) is 0 Å². The smallest absolute Gasteiger partial charge is 0.407 e. The number of nitrogens with zero attached hydrogens (tertiary/aromatic N) is 1. The van der Waals surface area contributed by atoms with Crippen LogP contribution in [0.25, 0.3) is 11.1 Å². The monoisotopic (exact) mass is 480 g/mol. The highest BCUT2D eigenvalue weighted by molar-refractivity contribution is 5.79. The van der Waals surface area contributed by atoms with Crippen molar-refractivity contribution in [1.82, 2.24) is 10.2 Å². The molecule has 7 heteroatoms. The van der Waals surface area contributed by atoms with Crippen molar-refractivity contribution in [2.24, 2.45) is 0 Å². The highest BCUT2D eigenvalue weighted by Crippen LogP contribution is 2.44. The number of carboxylic acid groups (broad SMARTS) is 1. The van der Waals surface area contributed by atoms with Crippen LogP contribution in [-0.2, 0) is 14.3 Å². The van der Waals surface area contributed by atoms with E-state index in [9.17, 15) is 14.4 Å². The normalized spacial score (nSPS) is 13.0. The molecule has 2 aromatic carbocycles. The first-order chi connectivity index (χ1) is 16.9. The van der Waals surface area contributed by atoms with Gasteiger partial charge < -0.3 is 20.1 Å². The lowest BCUT2D eigenvalue weighted by molar-refractivity contribution is -0.138. The summed E-state index contributed by atoms with van der Waals surface area (Å²) in [5.74, 6) is -0.974. The number of carboxylic acids is 1. The van der Waals surface area contributed by atoms with E-state index in [-0.39, 0.29) is 37.3 Å². The van der Waals surface area contributed by atoms with Crippen molar-refractivity contribution >= 4 is 18.0 Å². The largest absolute Gasteiger partial charge is 0.481 e. The summed E-state index contributed by atoms with van der Waals surface area (Å²) in [4.78, 5) is 38.0. The van der Waals surface area contributed by atoms with E-state index in [1.54, 1.807) is 4.90 Å². The number of rotatable bonds is 13. The van der Waals surface area contributed by atoms with Gasteiger partial charge in [-0.25, -0.2) is 4.79 Å². The van der Waals surface area contributed by atoms with Crippen LogP contribution in [0.1, 0.15) is 69.4 Å². The Kier molecular flexibility index (Phi) is 9.70. The van der Waals surface area contributed by atoms with Gasteiger partial charge in [-0.15, -0.1) is 0 Å². The number of benzene rings is 2. The molecule has 0 aromatic heterocycles. The van der Waals surface area contributed by atoms with Crippen LogP contribution in [0.3, 0.4) is 0 Å². The first-order valence-electron chi connectivity index (χ1n) is 12.6. The van der Waals surface area contributed by atoms with Gasteiger partial charge in [-0.3, -0.25) is 9.59 Å². The highest BCUT2D eigenvalue weighted by Gasteiger charge is 2.29. The van der Waals surface area contributed by atoms with Crippen LogP contribution < -0.4 is 5.32 Å². The summed E-state index contributed by atoms with van der Waals surface area (Å²) < 4.78 is 5.67. The lowest BCUT2D eigenvalue weighted by Crippen LogP contribution is -2.41. The van der Waals surface area contributed by atoms with E-state index in [0.717, 1.165) is 24.0 Å². The van der Waals surface area contributed by atoms with Gasteiger partial charge in [-0.2, -0.15) is 0 Å². The topological polar surface area (TPSA) is 95.9 Å². The van der Waals surface area contributed by atoms with E-state index < -0.39 is 12.1 Å². The summed E-state index contributed by atoms with van der Waals surface area (Å²) in [6.07, 6.45) is 2.61. The lowest BCUT2D eigenvalue weighted by atomic mass is 9.98. The second-order valence-corrected chi connectivity index (χ2v) is 8.98. The van der Waals surface area contributed by atoms with E-state index >= 15 is 0 Å². The third kappa shape index (κ3) is 7.07. The van der Waals surface area contributed by atoms with Gasteiger partial charge in [0.1, 0.15) is 6.61 Å². The Hall–Kier alpha value is -3.35. The van der Waals surface area contributed by atoms with E-state index in [2.05, 4.69) is 36.5 Å². The SMILES string of the molecule is CCCC[C@H](CC(=O)N(CC)CCCC(=O)O)NC(=O)OCC1c2ccccc2-c2ccccc21. The van der Waals surface area contributed by atoms with Gasteiger partial charge in [0.25, 0.3) is 0 Å². The van der Waals surface area contributed by atoms with E-state index in [1.165, 1.54) is 11.1 Å². The Morgan fingerprint density at radius 3 is 2.20 bits per heavy atom. The zero-order chi connectivity index (χ0) is 25.2. The number of fused-ring (bicyclic) bond motifs is 3. The van der Waals surface area contributed by atoms with Gasteiger partial charge in [-0.1, -0.05) is 68.3 Å². The Morgan fingerprint density at radius 1 is 1.00 bits per heavy atom. The van der Waals surface area contributed by atoms with Crippen molar-refractivity contribution in [2.75, 3.05) is 19.7 Å². The maximum atomic E-state index is 12.8. The summed E-state index contributed by atoms with van der Waals surface area (Å²) in [7, 11) is 0. The summed E-state index contributed by atoms with van der Waals surface area (Å²) in [5, 5.41) is 11.8. The second kappa shape index (κ2) is 12.9. The molecule has 0 saturated carbocycles. The van der Waals surface area contributed by atoms with E-state index in [4.69, 9.17) is 9.84 Å². The molecule has 0 aliphatic heterocycles. The molecule has 0 bridgehead atoms. The second-order valence-electron chi connectivity index (χ2n) is 8.98. The van der Waals surface area contributed by atoms with Crippen molar-refractivity contribution < 1.29 is 24.2 Å². The summed E-state index contributed by atoms with van der Waals surface area (Å²) in [6.45, 7) is 5.07. The van der Waals surface area contributed by atoms with E-state index in [1.807, 2.05) is 31.2 Å². The summed E-state index contributed by atoms with van der Waals surface area (Å²) in [6, 6.07) is 16.0. The Balaban J connectivity index is 1.58. The number of ether oxygens (including phenoxy) is 1. The van der Waals surface area contributed by atoms with Crippen molar-refractivity contribution in [3.05, 3.63) is 59.7 Å². The standard InChI is InChI=1S/C28H36N2O5/c1-3-5-11-20(18-26(31)30(4-2)17-10-16-27(32)33)29-28(34)35-19-25-23-14-8-6-12-21(23)22-13-7-9-15-24(22)25/h6-9,12-15,20,25H,3-5,10-11,16-19H2,1-2H3,(H,29,34)(H,32,33)/t20-/m1/s1. The number of carbonyl (C=O) groups excluding carboxylic acids is 2. The van der Waals surface area contributed by atoms with Crippen LogP contribution in [-0.4, -0.2) is 53.7 Å². The Bertz CT molecular complexity index is 976. The number of hydrogen-bond acceptors (Lipinski definition) is 4. The number of aliphatic carboxylic acids is 1. The molecule has 2 aromatic rings. The van der Waals surface area contributed by atoms with Gasteiger partial charge in [0.2, 0.25) is 5.91 Å². The number of amides is 2. The molecular formula is C28H36N2O5. The minimum atomic E-state index is -0.869. The Morgan fingerprint density at radius 2 is 1.63 bits per heavy atom. The molecule has 0 fully saturated rings. The molecule has 7 nitrogen and oxygen atoms in total. The lowest BCUT2D eigenvalue weighted by Gasteiger charge is -2.25. The van der Waals surface area contributed by atoms with Crippen LogP contribution in [0.2, 0.25) is 0 Å². The fourth-order valence-corrected chi connectivity index (χ4v) is 4.70. The van der Waals surface area contributed by atoms with Crippen LogP contribution >= 0.6 is 0 Å². The molecule has 188 valence electrons. The number of hydrogen-bond donors (Lipinski definition) is 2. The molecule has 2 N–H and O–H groups in total. The zero-order valence-corrected chi connectivity index (χ0v) is 20.7. The summed E-state index contributed by atoms with van der Waals surface area (Å²) >= 11 is 0. The Labute approximate surface area is 207 Å². The van der Waals surface area contributed by atoms with Crippen LogP contribution in [0.15, 0.2) is 48.5 Å². The van der Waals surface area contributed by atoms with Crippen LogP contribution in [0.4, 0.5) is 4.79 Å². The van der Waals surface area contributed by atoms with E-state index in [0.29, 0.717) is 25.9 Å². The third-order valence-corrected chi connectivity index (χ3v) is 6.55. The molecule has 0 unspecified atom stereocenters. The first-order valence-corrected chi connectivity index (χ1v) is 12.6. The number of alkyl carbamates (subject to hydrolysis) is 1. The zero-order valence-electron chi connectivity index (χ0n) is 20.7. The minimum Gasteiger partial charge on any atom is -0.481 e. The maximum absolute atomic E-state index is 12.8. The quantitative estimate of drug-likeness (QED) is 0.411. The molecule has 2 amide bonds. The molecule has 35 heavy (non-hydrogen) atoms. The molecule has 1 atom stereocenters. The van der Waals surface area contributed by atoms with Crippen LogP contribution in [0.5, 0.6) is 0 Å². The van der Waals surface area contributed by atoms with Gasteiger partial charge >= 0.3 is 12.1 Å². The van der Waals surface area contributed by atoms with Gasteiger partial charge in [-0.05, 0) is 42.0 Å². The molecule has 3 rings (SSSR count). The van der Waals surface area contributed by atoms with Gasteiger partial charge in [0, 0.05) is 37.9 Å². The minimum absolute atomic E-state index is 0.0197. The van der Waals surface area contributed by atoms with Gasteiger partial charge in [0.15, 0.2) is 0 Å². The molecular weight excluding hydrogens is 444 g/mol. The molecule has 0 spiro atoms. The number of unbranched alkanes of at least 4 members (excludes halogenated alkanes) is 1. The predicted molar refractivity (Wildman–Crippen MR) is 135 cm³/mol. The average molecular weight is 481 g/mol. The molecule has 0 radical (unpaired) electrons. The third-order valence-electron chi connectivity index (χ3n) is 6.55. The molecule has 1 aliphatic rings. The maximum Gasteiger partial charge on any atom is 0.407 e. The first kappa shape index (κ1) is 26.3. The average Bonchev–Trinajstić information content (AvgIpc) is 3.17. The highest BCUT2D eigenvalue weighted by atomic mass is 16.5. The number of nitrogens with one attached hydrogen (secondary N) is 1. The fourth-order valence-electron chi connectivity index (χ4n) is 4.70. The fraction of sp³-hybridized carbons (Fsp3) is 0.464. The summed E-state index contributed by atoms with van der Waals surface area (Å²) in [5.41, 5.74) is 4.65. The molecule has 1 aliphatic carbocycles. The number of carbonyl (C=O) groups is 3. The van der Waals surface area contributed by atoms with Crippen molar-refractivity contribution in [3.63, 3.8) is 0 Å². The van der Waals surface area contributed by atoms with Gasteiger partial charge in [0.05, 0.1) is 0 Å². The predicted octanol–water partition coefficient (Wildman–Crippen LogP) is 5.19. The van der Waals surface area contributed by atoms with Crippen LogP contribution in [0, 0.1) is 0 Å². The van der Waals surface area contributed by atoms with Crippen molar-refractivity contribution in [2.45, 2.75) is 64.3 Å². The molecule has 0 heterocycles.